The van der Waals surface area contributed by atoms with Gasteiger partial charge in [0.2, 0.25) is 0 Å². The molecule has 1 N–H and O–H groups in total. The van der Waals surface area contributed by atoms with E-state index in [4.69, 9.17) is 9.47 Å². The van der Waals surface area contributed by atoms with Gasteiger partial charge in [0.05, 0.1) is 13.2 Å². The Hall–Kier alpha value is -0.720. The van der Waals surface area contributed by atoms with Gasteiger partial charge >= 0.3 is 0 Å². The highest BCUT2D eigenvalue weighted by molar-refractivity contribution is 7.13. The lowest BCUT2D eigenvalue weighted by Gasteiger charge is -2.19. The number of rotatable bonds is 7. The Morgan fingerprint density at radius 1 is 1.24 bits per heavy atom. The van der Waals surface area contributed by atoms with Crippen LogP contribution in [-0.4, -0.2) is 36.1 Å². The summed E-state index contributed by atoms with van der Waals surface area (Å²) in [5, 5.41) is 13.0. The molecule has 0 aliphatic rings. The highest BCUT2D eigenvalue weighted by Crippen LogP contribution is 2.18. The highest BCUT2D eigenvalue weighted by atomic mass is 32.1. The van der Waals surface area contributed by atoms with Crippen LogP contribution in [0, 0.1) is 0 Å². The molecular weight excluding hydrogens is 238 g/mol. The normalized spacial score (nSPS) is 11.8. The summed E-state index contributed by atoms with van der Waals surface area (Å²) in [6.45, 7) is 8.41. The molecule has 1 aromatic heterocycles. The van der Waals surface area contributed by atoms with Crippen LogP contribution in [0.25, 0.3) is 0 Å². The minimum atomic E-state index is 0.0884. The fraction of sp³-hybridized carbons (Fsp3) is 0.818. The molecule has 0 aromatic carbocycles. The molecule has 0 amide bonds. The molecule has 0 saturated carbocycles. The molecule has 6 heteroatoms. The predicted octanol–water partition coefficient (Wildman–Crippen LogP) is 1.84. The average Bonchev–Trinajstić information content (AvgIpc) is 2.69. The summed E-state index contributed by atoms with van der Waals surface area (Å²) in [5.41, 5.74) is 0.0884. The Labute approximate surface area is 107 Å². The Morgan fingerprint density at radius 3 is 2.65 bits per heavy atom. The van der Waals surface area contributed by atoms with Crippen LogP contribution in [0.15, 0.2) is 0 Å². The summed E-state index contributed by atoms with van der Waals surface area (Å²) in [5.74, 6) is 0. The van der Waals surface area contributed by atoms with Crippen molar-refractivity contribution in [2.75, 3.05) is 20.3 Å². The summed E-state index contributed by atoms with van der Waals surface area (Å²) in [6.07, 6.45) is 0.867. The van der Waals surface area contributed by atoms with Gasteiger partial charge in [0.1, 0.15) is 5.01 Å². The number of hydrogen-bond donors (Lipinski definition) is 1. The fourth-order valence-electron chi connectivity index (χ4n) is 1.07. The molecule has 0 aliphatic heterocycles. The summed E-state index contributed by atoms with van der Waals surface area (Å²) < 4.78 is 10.4. The van der Waals surface area contributed by atoms with Crippen molar-refractivity contribution in [2.24, 2.45) is 0 Å². The summed E-state index contributed by atoms with van der Waals surface area (Å²) >= 11 is 1.48. The number of nitrogens with zero attached hydrogens (tertiary/aromatic N) is 2. The SMILES string of the molecule is COCCCOc1nnc(CNC(C)(C)C)s1. The second-order valence-electron chi connectivity index (χ2n) is 4.76. The van der Waals surface area contributed by atoms with Crippen LogP contribution in [0.5, 0.6) is 5.19 Å². The van der Waals surface area contributed by atoms with E-state index in [0.29, 0.717) is 18.4 Å². The molecule has 1 aromatic rings. The molecule has 98 valence electrons. The van der Waals surface area contributed by atoms with E-state index in [-0.39, 0.29) is 5.54 Å². The van der Waals surface area contributed by atoms with Gasteiger partial charge in [-0.05, 0) is 20.8 Å². The number of ether oxygens (including phenoxy) is 2. The van der Waals surface area contributed by atoms with Crippen molar-refractivity contribution >= 4 is 11.3 Å². The first kappa shape index (κ1) is 14.3. The summed E-state index contributed by atoms with van der Waals surface area (Å²) in [6, 6.07) is 0. The van der Waals surface area contributed by atoms with Gasteiger partial charge in [-0.25, -0.2) is 0 Å². The van der Waals surface area contributed by atoms with Crippen LogP contribution in [0.3, 0.4) is 0 Å². The van der Waals surface area contributed by atoms with Crippen molar-refractivity contribution in [2.45, 2.75) is 39.3 Å². The number of aromatic nitrogens is 2. The van der Waals surface area contributed by atoms with Gasteiger partial charge in [0.15, 0.2) is 0 Å². The molecule has 0 saturated heterocycles. The lowest BCUT2D eigenvalue weighted by atomic mass is 10.1. The van der Waals surface area contributed by atoms with Crippen molar-refractivity contribution in [3.8, 4) is 5.19 Å². The van der Waals surface area contributed by atoms with Gasteiger partial charge in [0.25, 0.3) is 5.19 Å². The second-order valence-corrected chi connectivity index (χ2v) is 5.78. The van der Waals surface area contributed by atoms with Crippen molar-refractivity contribution in [3.63, 3.8) is 0 Å². The predicted molar refractivity (Wildman–Crippen MR) is 68.5 cm³/mol. The topological polar surface area (TPSA) is 56.3 Å². The van der Waals surface area contributed by atoms with Crippen LogP contribution >= 0.6 is 11.3 Å². The third kappa shape index (κ3) is 6.55. The minimum absolute atomic E-state index is 0.0884. The zero-order valence-corrected chi connectivity index (χ0v) is 11.8. The number of nitrogens with one attached hydrogen (secondary N) is 1. The average molecular weight is 259 g/mol. The number of hydrogen-bond acceptors (Lipinski definition) is 6. The molecule has 0 atom stereocenters. The van der Waals surface area contributed by atoms with Crippen LogP contribution in [0.2, 0.25) is 0 Å². The molecule has 1 rings (SSSR count). The highest BCUT2D eigenvalue weighted by Gasteiger charge is 2.11. The van der Waals surface area contributed by atoms with E-state index in [1.807, 2.05) is 0 Å². The molecule has 0 bridgehead atoms. The van der Waals surface area contributed by atoms with Gasteiger partial charge in [-0.2, -0.15) is 0 Å². The third-order valence-corrected chi connectivity index (χ3v) is 2.77. The maximum atomic E-state index is 5.46. The first-order chi connectivity index (χ1) is 8.01. The molecule has 5 nitrogen and oxygen atoms in total. The van der Waals surface area contributed by atoms with Crippen molar-refractivity contribution < 1.29 is 9.47 Å². The van der Waals surface area contributed by atoms with E-state index in [1.165, 1.54) is 11.3 Å². The molecular formula is C11H21N3O2S. The van der Waals surface area contributed by atoms with Gasteiger partial charge < -0.3 is 14.8 Å². The Balaban J connectivity index is 2.28. The van der Waals surface area contributed by atoms with E-state index in [1.54, 1.807) is 7.11 Å². The van der Waals surface area contributed by atoms with Gasteiger partial charge in [-0.1, -0.05) is 11.3 Å². The van der Waals surface area contributed by atoms with Crippen molar-refractivity contribution in [1.82, 2.24) is 15.5 Å². The summed E-state index contributed by atoms with van der Waals surface area (Å²) in [4.78, 5) is 0. The van der Waals surface area contributed by atoms with E-state index in [0.717, 1.165) is 18.0 Å². The van der Waals surface area contributed by atoms with E-state index in [2.05, 4.69) is 36.3 Å². The quantitative estimate of drug-likeness (QED) is 0.757. The molecule has 0 unspecified atom stereocenters. The van der Waals surface area contributed by atoms with Crippen LogP contribution in [0.1, 0.15) is 32.2 Å². The van der Waals surface area contributed by atoms with Crippen molar-refractivity contribution in [1.29, 1.82) is 0 Å². The maximum Gasteiger partial charge on any atom is 0.294 e. The molecule has 0 aliphatic carbocycles. The van der Waals surface area contributed by atoms with Crippen LogP contribution < -0.4 is 10.1 Å². The zero-order valence-electron chi connectivity index (χ0n) is 10.9. The molecule has 0 radical (unpaired) electrons. The van der Waals surface area contributed by atoms with Crippen LogP contribution in [0.4, 0.5) is 0 Å². The van der Waals surface area contributed by atoms with Gasteiger partial charge in [-0.3, -0.25) is 0 Å². The second kappa shape index (κ2) is 6.88. The van der Waals surface area contributed by atoms with E-state index < -0.39 is 0 Å². The minimum Gasteiger partial charge on any atom is -0.469 e. The largest absolute Gasteiger partial charge is 0.469 e. The Bertz CT molecular complexity index is 323. The van der Waals surface area contributed by atoms with Crippen LogP contribution in [-0.2, 0) is 11.3 Å². The molecule has 0 fully saturated rings. The smallest absolute Gasteiger partial charge is 0.294 e. The molecule has 17 heavy (non-hydrogen) atoms. The Morgan fingerprint density at radius 2 is 2.00 bits per heavy atom. The summed E-state index contributed by atoms with van der Waals surface area (Å²) in [7, 11) is 1.68. The van der Waals surface area contributed by atoms with E-state index >= 15 is 0 Å². The maximum absolute atomic E-state index is 5.46. The first-order valence-corrected chi connectivity index (χ1v) is 6.52. The van der Waals surface area contributed by atoms with E-state index in [9.17, 15) is 0 Å². The fourth-order valence-corrected chi connectivity index (χ4v) is 1.72. The standard InChI is InChI=1S/C11H21N3O2S/c1-11(2,3)12-8-9-13-14-10(17-9)16-7-5-6-15-4/h12H,5-8H2,1-4H3. The first-order valence-electron chi connectivity index (χ1n) is 5.70. The van der Waals surface area contributed by atoms with Gasteiger partial charge in [-0.15, -0.1) is 10.2 Å². The lowest BCUT2D eigenvalue weighted by molar-refractivity contribution is 0.171. The Kier molecular flexibility index (Phi) is 5.80. The molecule has 1 heterocycles. The lowest BCUT2D eigenvalue weighted by Crippen LogP contribution is -2.35. The van der Waals surface area contributed by atoms with Crippen molar-refractivity contribution in [3.05, 3.63) is 5.01 Å². The third-order valence-electron chi connectivity index (χ3n) is 1.94. The number of methoxy groups -OCH3 is 1. The zero-order chi connectivity index (χ0) is 12.7. The van der Waals surface area contributed by atoms with Gasteiger partial charge in [0, 0.05) is 25.7 Å². The molecule has 0 spiro atoms. The monoisotopic (exact) mass is 259 g/mol.